The maximum absolute atomic E-state index is 12.6. The second-order valence-electron chi connectivity index (χ2n) is 8.14. The van der Waals surface area contributed by atoms with Gasteiger partial charge < -0.3 is 15.0 Å². The molecule has 2 aliphatic heterocycles. The maximum Gasteiger partial charge on any atom is 0.225 e. The Bertz CT molecular complexity index is 1050. The van der Waals surface area contributed by atoms with Crippen molar-refractivity contribution in [2.45, 2.75) is 32.0 Å². The molecule has 2 amide bonds. The summed E-state index contributed by atoms with van der Waals surface area (Å²) in [5, 5.41) is 2.90. The van der Waals surface area contributed by atoms with E-state index in [2.05, 4.69) is 5.32 Å². The molecule has 7 nitrogen and oxygen atoms in total. The number of nitrogens with one attached hydrogen (secondary N) is 1. The minimum absolute atomic E-state index is 0.00283. The molecule has 2 fully saturated rings. The fourth-order valence-corrected chi connectivity index (χ4v) is 5.83. The second kappa shape index (κ2) is 9.09. The van der Waals surface area contributed by atoms with Gasteiger partial charge in [0.15, 0.2) is 9.84 Å². The first-order chi connectivity index (χ1) is 14.9. The Kier molecular flexibility index (Phi) is 6.27. The van der Waals surface area contributed by atoms with Gasteiger partial charge in [0.05, 0.1) is 17.4 Å². The molecule has 0 spiro atoms. The van der Waals surface area contributed by atoms with Crippen LogP contribution in [0.2, 0.25) is 0 Å². The number of sulfone groups is 1. The average molecular weight is 443 g/mol. The number of nitrogens with zero attached hydrogens (tertiary/aromatic N) is 1. The number of hydrogen-bond acceptors (Lipinski definition) is 5. The lowest BCUT2D eigenvalue weighted by Crippen LogP contribution is -2.39. The molecular formula is C23H26N2O5S. The first-order valence-corrected chi connectivity index (χ1v) is 12.2. The number of hydrogen-bond donors (Lipinski definition) is 1. The third kappa shape index (κ3) is 5.44. The molecule has 2 aromatic rings. The van der Waals surface area contributed by atoms with E-state index in [4.69, 9.17) is 4.74 Å². The van der Waals surface area contributed by atoms with Crippen LogP contribution in [0.5, 0.6) is 5.75 Å². The van der Waals surface area contributed by atoms with Gasteiger partial charge in [0.2, 0.25) is 11.8 Å². The normalized spacial score (nSPS) is 22.5. The van der Waals surface area contributed by atoms with Crippen molar-refractivity contribution in [2.24, 2.45) is 5.92 Å². The molecule has 164 valence electrons. The third-order valence-corrected chi connectivity index (χ3v) is 7.54. The van der Waals surface area contributed by atoms with E-state index in [9.17, 15) is 18.0 Å². The summed E-state index contributed by atoms with van der Waals surface area (Å²) in [7, 11) is -3.07. The van der Waals surface area contributed by atoms with Crippen LogP contribution < -0.4 is 10.1 Å². The molecule has 2 saturated heterocycles. The van der Waals surface area contributed by atoms with Crippen LogP contribution in [0, 0.1) is 5.92 Å². The highest BCUT2D eigenvalue weighted by Gasteiger charge is 2.41. The standard InChI is InChI=1S/C23H26N2O5S/c26-22-12-19(14-25(22)20-9-10-31(28,29)16-20)23(27)24-13-18-7-4-8-21(11-18)30-15-17-5-2-1-3-6-17/h1-8,11,19-20H,9-10,12-16H2,(H,24,27). The lowest BCUT2D eigenvalue weighted by molar-refractivity contribution is -0.130. The fraction of sp³-hybridized carbons (Fsp3) is 0.391. The Morgan fingerprint density at radius 3 is 2.61 bits per heavy atom. The summed E-state index contributed by atoms with van der Waals surface area (Å²) in [6, 6.07) is 17.1. The van der Waals surface area contributed by atoms with Crippen LogP contribution in [0.25, 0.3) is 0 Å². The summed E-state index contributed by atoms with van der Waals surface area (Å²) < 4.78 is 29.2. The number of likely N-dealkylation sites (tertiary alicyclic amines) is 1. The molecule has 2 aliphatic rings. The van der Waals surface area contributed by atoms with Gasteiger partial charge in [0.1, 0.15) is 12.4 Å². The Balaban J connectivity index is 1.28. The van der Waals surface area contributed by atoms with Crippen molar-refractivity contribution in [3.63, 3.8) is 0 Å². The topological polar surface area (TPSA) is 92.8 Å². The van der Waals surface area contributed by atoms with Gasteiger partial charge in [-0.3, -0.25) is 9.59 Å². The molecule has 31 heavy (non-hydrogen) atoms. The number of carbonyl (C=O) groups excluding carboxylic acids is 2. The Labute approximate surface area is 182 Å². The first kappa shape index (κ1) is 21.4. The molecule has 0 aromatic heterocycles. The highest BCUT2D eigenvalue weighted by molar-refractivity contribution is 7.91. The van der Waals surface area contributed by atoms with Gasteiger partial charge in [-0.15, -0.1) is 0 Å². The first-order valence-electron chi connectivity index (χ1n) is 10.4. The van der Waals surface area contributed by atoms with Gasteiger partial charge in [-0.25, -0.2) is 8.42 Å². The van der Waals surface area contributed by atoms with Gasteiger partial charge in [-0.05, 0) is 29.7 Å². The van der Waals surface area contributed by atoms with Crippen molar-refractivity contribution in [1.82, 2.24) is 10.2 Å². The maximum atomic E-state index is 12.6. The molecular weight excluding hydrogens is 416 g/mol. The van der Waals surface area contributed by atoms with Crippen molar-refractivity contribution in [3.05, 3.63) is 65.7 Å². The molecule has 0 bridgehead atoms. The van der Waals surface area contributed by atoms with E-state index in [1.54, 1.807) is 4.90 Å². The fourth-order valence-electron chi connectivity index (χ4n) is 4.10. The van der Waals surface area contributed by atoms with E-state index in [1.165, 1.54) is 0 Å². The van der Waals surface area contributed by atoms with Crippen molar-refractivity contribution >= 4 is 21.7 Å². The summed E-state index contributed by atoms with van der Waals surface area (Å²) in [5.74, 6) is 0.0589. The molecule has 8 heteroatoms. The van der Waals surface area contributed by atoms with E-state index in [-0.39, 0.29) is 42.3 Å². The zero-order valence-corrected chi connectivity index (χ0v) is 18.0. The molecule has 0 saturated carbocycles. The van der Waals surface area contributed by atoms with Crippen LogP contribution >= 0.6 is 0 Å². The van der Waals surface area contributed by atoms with Gasteiger partial charge in [-0.2, -0.15) is 0 Å². The molecule has 1 N–H and O–H groups in total. The molecule has 4 rings (SSSR count). The SMILES string of the molecule is O=C(NCc1cccc(OCc2ccccc2)c1)C1CC(=O)N(C2CCS(=O)(=O)C2)C1. The smallest absolute Gasteiger partial charge is 0.225 e. The summed E-state index contributed by atoms with van der Waals surface area (Å²) in [5.41, 5.74) is 1.98. The largest absolute Gasteiger partial charge is 0.489 e. The Morgan fingerprint density at radius 1 is 1.10 bits per heavy atom. The number of carbonyl (C=O) groups is 2. The number of ether oxygens (including phenoxy) is 1. The summed E-state index contributed by atoms with van der Waals surface area (Å²) in [6.45, 7) is 1.09. The molecule has 2 aromatic carbocycles. The number of rotatable bonds is 7. The van der Waals surface area contributed by atoms with E-state index in [0.717, 1.165) is 16.9 Å². The minimum Gasteiger partial charge on any atom is -0.489 e. The zero-order valence-electron chi connectivity index (χ0n) is 17.2. The summed E-state index contributed by atoms with van der Waals surface area (Å²) in [6.07, 6.45) is 0.584. The summed E-state index contributed by atoms with van der Waals surface area (Å²) in [4.78, 5) is 26.5. The van der Waals surface area contributed by atoms with Crippen molar-refractivity contribution < 1.29 is 22.7 Å². The Morgan fingerprint density at radius 2 is 1.87 bits per heavy atom. The molecule has 0 aliphatic carbocycles. The van der Waals surface area contributed by atoms with Crippen molar-refractivity contribution in [3.8, 4) is 5.75 Å². The van der Waals surface area contributed by atoms with Crippen LogP contribution in [0.4, 0.5) is 0 Å². The number of benzene rings is 2. The van der Waals surface area contributed by atoms with Gasteiger partial charge in [-0.1, -0.05) is 42.5 Å². The van der Waals surface area contributed by atoms with E-state index >= 15 is 0 Å². The quantitative estimate of drug-likeness (QED) is 0.707. The minimum atomic E-state index is -3.07. The lowest BCUT2D eigenvalue weighted by atomic mass is 10.1. The average Bonchev–Trinajstić information content (AvgIpc) is 3.33. The van der Waals surface area contributed by atoms with Crippen molar-refractivity contribution in [1.29, 1.82) is 0 Å². The predicted octanol–water partition coefficient (Wildman–Crippen LogP) is 1.92. The van der Waals surface area contributed by atoms with Crippen LogP contribution in [0.3, 0.4) is 0 Å². The van der Waals surface area contributed by atoms with E-state index in [1.807, 2.05) is 54.6 Å². The molecule has 2 heterocycles. The molecule has 2 unspecified atom stereocenters. The highest BCUT2D eigenvalue weighted by Crippen LogP contribution is 2.26. The van der Waals surface area contributed by atoms with E-state index < -0.39 is 15.8 Å². The predicted molar refractivity (Wildman–Crippen MR) is 116 cm³/mol. The van der Waals surface area contributed by atoms with Crippen LogP contribution in [0.1, 0.15) is 24.0 Å². The van der Waals surface area contributed by atoms with Gasteiger partial charge in [0, 0.05) is 25.6 Å². The van der Waals surface area contributed by atoms with Crippen LogP contribution in [-0.2, 0) is 32.6 Å². The molecule has 0 radical (unpaired) electrons. The van der Waals surface area contributed by atoms with Crippen LogP contribution in [-0.4, -0.2) is 49.2 Å². The zero-order chi connectivity index (χ0) is 21.8. The van der Waals surface area contributed by atoms with Gasteiger partial charge in [0.25, 0.3) is 0 Å². The Hall–Kier alpha value is -2.87. The monoisotopic (exact) mass is 442 g/mol. The van der Waals surface area contributed by atoms with E-state index in [0.29, 0.717) is 19.6 Å². The van der Waals surface area contributed by atoms with Crippen LogP contribution in [0.15, 0.2) is 54.6 Å². The van der Waals surface area contributed by atoms with Gasteiger partial charge >= 0.3 is 0 Å². The lowest BCUT2D eigenvalue weighted by Gasteiger charge is -2.22. The van der Waals surface area contributed by atoms with Crippen molar-refractivity contribution in [2.75, 3.05) is 18.1 Å². The summed E-state index contributed by atoms with van der Waals surface area (Å²) >= 11 is 0. The molecule has 2 atom stereocenters. The number of amides is 2. The second-order valence-corrected chi connectivity index (χ2v) is 10.4. The third-order valence-electron chi connectivity index (χ3n) is 5.79. The highest BCUT2D eigenvalue weighted by atomic mass is 32.2.